The predicted molar refractivity (Wildman–Crippen MR) is 154 cm³/mol. The summed E-state index contributed by atoms with van der Waals surface area (Å²) in [5.41, 5.74) is 1.21. The third-order valence-corrected chi connectivity index (χ3v) is 8.58. The van der Waals surface area contributed by atoms with Gasteiger partial charge in [0, 0.05) is 50.9 Å². The highest BCUT2D eigenvalue weighted by Gasteiger charge is 2.65. The van der Waals surface area contributed by atoms with Crippen LogP contribution < -0.4 is 10.0 Å². The highest BCUT2D eigenvalue weighted by Crippen LogP contribution is 2.48. The Morgan fingerprint density at radius 2 is 1.88 bits per heavy atom. The van der Waals surface area contributed by atoms with Crippen LogP contribution in [0.1, 0.15) is 35.2 Å². The van der Waals surface area contributed by atoms with Crippen LogP contribution in [0.3, 0.4) is 0 Å². The zero-order valence-electron chi connectivity index (χ0n) is 23.2. The first-order valence-corrected chi connectivity index (χ1v) is 14.6. The van der Waals surface area contributed by atoms with Gasteiger partial charge >= 0.3 is 11.7 Å². The van der Waals surface area contributed by atoms with Crippen molar-refractivity contribution < 1.29 is 33.1 Å². The van der Waals surface area contributed by atoms with Gasteiger partial charge in [0.25, 0.3) is 5.06 Å². The normalized spacial score (nSPS) is 28.1. The molecule has 2 aliphatic carbocycles. The zero-order valence-corrected chi connectivity index (χ0v) is 24.7. The van der Waals surface area contributed by atoms with Crippen molar-refractivity contribution in [2.24, 2.45) is 0 Å². The molecule has 1 amide bonds. The van der Waals surface area contributed by atoms with Crippen molar-refractivity contribution in [1.29, 1.82) is 0 Å². The Balaban J connectivity index is 1.30. The van der Waals surface area contributed by atoms with Crippen LogP contribution in [0.2, 0.25) is 0 Å². The van der Waals surface area contributed by atoms with Gasteiger partial charge in [-0.15, -0.1) is 0 Å². The molecule has 0 bridgehead atoms. The molecule has 12 heteroatoms. The number of nitrogens with zero attached hydrogens (tertiary/aromatic N) is 2. The van der Waals surface area contributed by atoms with Crippen molar-refractivity contribution >= 4 is 35.1 Å². The summed E-state index contributed by atoms with van der Waals surface area (Å²) in [6, 6.07) is 12.8. The van der Waals surface area contributed by atoms with E-state index in [1.165, 1.54) is 24.7 Å². The topological polar surface area (TPSA) is 113 Å². The van der Waals surface area contributed by atoms with E-state index in [0.717, 1.165) is 25.2 Å². The minimum atomic E-state index is -1.83. The minimum Gasteiger partial charge on any atom is -0.759 e. The fourth-order valence-electron chi connectivity index (χ4n) is 5.68. The van der Waals surface area contributed by atoms with Crippen LogP contribution in [0.4, 0.5) is 0 Å². The van der Waals surface area contributed by atoms with Crippen molar-refractivity contribution in [2.75, 3.05) is 33.4 Å². The molecule has 10 nitrogen and oxygen atoms in total. The van der Waals surface area contributed by atoms with Gasteiger partial charge in [-0.25, -0.2) is 4.79 Å². The molecule has 1 aromatic carbocycles. The molecule has 1 aliphatic heterocycles. The van der Waals surface area contributed by atoms with E-state index in [9.17, 15) is 14.8 Å². The van der Waals surface area contributed by atoms with Crippen LogP contribution >= 0.6 is 23.2 Å². The number of morpholine rings is 1. The van der Waals surface area contributed by atoms with E-state index in [4.69, 9.17) is 42.1 Å². The van der Waals surface area contributed by atoms with Crippen LogP contribution in [0.5, 0.6) is 0 Å². The van der Waals surface area contributed by atoms with Crippen LogP contribution in [0, 0.1) is 5.21 Å². The lowest BCUT2D eigenvalue weighted by atomic mass is 9.93. The van der Waals surface area contributed by atoms with Crippen molar-refractivity contribution in [3.8, 4) is 0 Å². The number of benzene rings is 1. The number of hydrogen-bond donors (Lipinski definition) is 1. The monoisotopic (exact) mass is 617 g/mol. The second-order valence-electron chi connectivity index (χ2n) is 10.5. The van der Waals surface area contributed by atoms with Gasteiger partial charge in [0.2, 0.25) is 5.91 Å². The number of esters is 1. The molecule has 0 radical (unpaired) electrons. The average molecular weight is 619 g/mol. The average Bonchev–Trinajstić information content (AvgIpc) is 3.43. The fraction of sp³-hybridized carbons (Fsp3) is 0.433. The Hall–Kier alpha value is -2.83. The molecule has 2 unspecified atom stereocenters. The maximum Gasteiger partial charge on any atom is 0.357 e. The summed E-state index contributed by atoms with van der Waals surface area (Å²) >= 11 is 13.9. The predicted octanol–water partition coefficient (Wildman–Crippen LogP) is 3.51. The second kappa shape index (κ2) is 13.2. The SMILES string of the molecule is COC1([n+]2ccccc2)C(Cl)=CC(C(=O)N[O-])=CC1(Cl)O[C@@H]1CC[C@H](OC(=O)c2cccc(CN3CCOCC3)c2)C1. The molecule has 2 aromatic rings. The quantitative estimate of drug-likeness (QED) is 0.197. The Morgan fingerprint density at radius 1 is 1.14 bits per heavy atom. The number of methoxy groups -OCH3 is 1. The number of alkyl halides is 1. The fourth-order valence-corrected chi connectivity index (χ4v) is 6.68. The first-order valence-electron chi connectivity index (χ1n) is 13.8. The number of hydrogen-bond acceptors (Lipinski definition) is 8. The summed E-state index contributed by atoms with van der Waals surface area (Å²) in [5, 5.41) is 9.39. The number of pyridine rings is 1. The van der Waals surface area contributed by atoms with Crippen molar-refractivity contribution in [2.45, 2.75) is 48.8 Å². The summed E-state index contributed by atoms with van der Waals surface area (Å²) in [7, 11) is 1.43. The van der Waals surface area contributed by atoms with E-state index in [0.29, 0.717) is 38.0 Å². The molecule has 42 heavy (non-hydrogen) atoms. The van der Waals surface area contributed by atoms with E-state index < -0.39 is 34.9 Å². The molecular weight excluding hydrogens is 585 g/mol. The number of amides is 1. The zero-order chi connectivity index (χ0) is 29.7. The largest absolute Gasteiger partial charge is 0.759 e. The number of carbonyl (C=O) groups is 2. The van der Waals surface area contributed by atoms with Crippen molar-refractivity contribution in [1.82, 2.24) is 10.4 Å². The molecule has 224 valence electrons. The summed E-state index contributed by atoms with van der Waals surface area (Å²) in [4.78, 5) is 27.7. The van der Waals surface area contributed by atoms with Crippen LogP contribution in [-0.2, 0) is 36.0 Å². The number of ether oxygens (including phenoxy) is 4. The highest BCUT2D eigenvalue weighted by molar-refractivity contribution is 6.33. The first kappa shape index (κ1) is 30.6. The number of rotatable bonds is 9. The number of aromatic nitrogens is 1. The molecule has 0 spiro atoms. The van der Waals surface area contributed by atoms with E-state index in [-0.39, 0.29) is 10.6 Å². The molecule has 2 fully saturated rings. The van der Waals surface area contributed by atoms with E-state index in [1.54, 1.807) is 35.2 Å². The van der Waals surface area contributed by atoms with E-state index in [2.05, 4.69) is 4.90 Å². The molecule has 5 rings (SSSR count). The van der Waals surface area contributed by atoms with Crippen LogP contribution in [-0.4, -0.2) is 67.5 Å². The standard InChI is InChI=1S/C30H33Cl2N3O7/c1-39-30(35-10-3-2-4-11-35)26(31)17-23(27(36)33-38)19-29(30,32)42-25-9-8-24(18-25)41-28(37)22-7-5-6-21(16-22)20-34-12-14-40-15-13-34/h2-7,10-11,16-17,19,24-25H,8-9,12-15,18,20H2,1H3,(H-,33,36,38)/t24-,25+,29?,30?/m0/s1. The van der Waals surface area contributed by atoms with Gasteiger partial charge in [0.1, 0.15) is 11.1 Å². The van der Waals surface area contributed by atoms with E-state index >= 15 is 0 Å². The molecular formula is C30H33Cl2N3O7. The number of carbonyl (C=O) groups excluding carboxylic acids is 2. The van der Waals surface area contributed by atoms with Gasteiger partial charge in [-0.05, 0) is 42.7 Å². The van der Waals surface area contributed by atoms with Gasteiger partial charge in [-0.1, -0.05) is 41.4 Å². The van der Waals surface area contributed by atoms with Gasteiger partial charge in [0.05, 0.1) is 24.9 Å². The summed E-state index contributed by atoms with van der Waals surface area (Å²) < 4.78 is 25.3. The summed E-state index contributed by atoms with van der Waals surface area (Å²) in [6.07, 6.45) is 6.64. The molecule has 3 aliphatic rings. The Kier molecular flexibility index (Phi) is 9.64. The molecule has 1 saturated heterocycles. The number of halogens is 2. The van der Waals surface area contributed by atoms with Gasteiger partial charge in [-0.2, -0.15) is 4.57 Å². The smallest absolute Gasteiger partial charge is 0.357 e. The summed E-state index contributed by atoms with van der Waals surface area (Å²) in [5.74, 6) is -1.33. The van der Waals surface area contributed by atoms with Gasteiger partial charge < -0.3 is 29.6 Å². The maximum absolute atomic E-state index is 13.1. The van der Waals surface area contributed by atoms with Gasteiger partial charge in [-0.3, -0.25) is 9.69 Å². The number of nitrogens with one attached hydrogen (secondary N) is 1. The highest BCUT2D eigenvalue weighted by atomic mass is 35.5. The third-order valence-electron chi connectivity index (χ3n) is 7.76. The Bertz CT molecular complexity index is 1350. The third kappa shape index (κ3) is 6.26. The lowest BCUT2D eigenvalue weighted by Crippen LogP contribution is -2.70. The Morgan fingerprint density at radius 3 is 2.60 bits per heavy atom. The van der Waals surface area contributed by atoms with Crippen LogP contribution in [0.25, 0.3) is 0 Å². The van der Waals surface area contributed by atoms with Crippen molar-refractivity contribution in [3.05, 3.63) is 93.9 Å². The van der Waals surface area contributed by atoms with Crippen molar-refractivity contribution in [3.63, 3.8) is 0 Å². The van der Waals surface area contributed by atoms with E-state index in [1.807, 2.05) is 24.3 Å². The number of hydroxylamine groups is 1. The van der Waals surface area contributed by atoms with Gasteiger partial charge in [0.15, 0.2) is 12.4 Å². The lowest BCUT2D eigenvalue weighted by molar-refractivity contribution is -0.807. The molecule has 1 N–H and O–H groups in total. The lowest BCUT2D eigenvalue weighted by Gasteiger charge is -2.41. The summed E-state index contributed by atoms with van der Waals surface area (Å²) in [6.45, 7) is 3.85. The Labute approximate surface area is 254 Å². The molecule has 1 saturated carbocycles. The first-order chi connectivity index (χ1) is 20.3. The second-order valence-corrected chi connectivity index (χ2v) is 11.4. The molecule has 2 heterocycles. The van der Waals surface area contributed by atoms with Crippen LogP contribution in [0.15, 0.2) is 77.6 Å². The molecule has 1 aromatic heterocycles. The maximum atomic E-state index is 13.1. The minimum absolute atomic E-state index is 0.0373. The molecule has 4 atom stereocenters.